The highest BCUT2D eigenvalue weighted by atomic mass is 35.5. The van der Waals surface area contributed by atoms with Crippen molar-refractivity contribution in [2.75, 3.05) is 12.4 Å². The lowest BCUT2D eigenvalue weighted by molar-refractivity contribution is -0.384. The van der Waals surface area contributed by atoms with Crippen molar-refractivity contribution in [2.45, 2.75) is 6.92 Å². The van der Waals surface area contributed by atoms with Crippen LogP contribution >= 0.6 is 23.2 Å². The molecule has 0 aliphatic carbocycles. The average Bonchev–Trinajstić information content (AvgIpc) is 2.62. The first-order chi connectivity index (χ1) is 12.7. The summed E-state index contributed by atoms with van der Waals surface area (Å²) in [6.45, 7) is 1.69. The summed E-state index contributed by atoms with van der Waals surface area (Å²) in [5, 5.41) is 14.1. The smallest absolute Gasteiger partial charge is 0.339 e. The molecule has 27 heavy (non-hydrogen) atoms. The number of benzene rings is 2. The molecule has 0 atom stereocenters. The molecule has 0 unspecified atom stereocenters. The van der Waals surface area contributed by atoms with Crippen LogP contribution in [0.1, 0.15) is 22.8 Å². The highest BCUT2D eigenvalue weighted by molar-refractivity contribution is 6.42. The Labute approximate surface area is 164 Å². The van der Waals surface area contributed by atoms with E-state index in [2.05, 4.69) is 10.1 Å². The molecule has 9 heteroatoms. The summed E-state index contributed by atoms with van der Waals surface area (Å²) in [6, 6.07) is 8.36. The zero-order chi connectivity index (χ0) is 20.1. The number of ether oxygens (including phenoxy) is 1. The fraction of sp³-hybridized carbons (Fsp3) is 0.111. The lowest BCUT2D eigenvalue weighted by Crippen LogP contribution is -2.13. The second-order valence-corrected chi connectivity index (χ2v) is 6.24. The molecule has 0 heterocycles. The van der Waals surface area contributed by atoms with E-state index in [-0.39, 0.29) is 16.9 Å². The Balaban J connectivity index is 2.32. The van der Waals surface area contributed by atoms with Crippen molar-refractivity contribution in [1.82, 2.24) is 0 Å². The highest BCUT2D eigenvalue weighted by Gasteiger charge is 2.18. The van der Waals surface area contributed by atoms with Crippen LogP contribution < -0.4 is 5.32 Å². The molecular weight excluding hydrogens is 395 g/mol. The van der Waals surface area contributed by atoms with E-state index in [0.29, 0.717) is 21.2 Å². The molecule has 0 aliphatic rings. The molecule has 0 aliphatic heterocycles. The Morgan fingerprint density at radius 3 is 2.44 bits per heavy atom. The Hall–Kier alpha value is -2.90. The number of non-ortho nitro benzene ring substituents is 1. The Morgan fingerprint density at radius 1 is 1.15 bits per heavy atom. The van der Waals surface area contributed by atoms with E-state index in [9.17, 15) is 19.7 Å². The number of halogens is 2. The van der Waals surface area contributed by atoms with Crippen molar-refractivity contribution in [3.05, 3.63) is 73.8 Å². The molecule has 0 radical (unpaired) electrons. The minimum atomic E-state index is -0.731. The van der Waals surface area contributed by atoms with Gasteiger partial charge < -0.3 is 10.1 Å². The maximum Gasteiger partial charge on any atom is 0.339 e. The van der Waals surface area contributed by atoms with Crippen molar-refractivity contribution < 1.29 is 19.2 Å². The number of anilines is 1. The summed E-state index contributed by atoms with van der Waals surface area (Å²) in [5.74, 6) is -1.31. The van der Waals surface area contributed by atoms with E-state index >= 15 is 0 Å². The summed E-state index contributed by atoms with van der Waals surface area (Å²) < 4.78 is 4.63. The van der Waals surface area contributed by atoms with Crippen LogP contribution in [-0.2, 0) is 9.53 Å². The van der Waals surface area contributed by atoms with E-state index in [1.165, 1.54) is 19.3 Å². The normalized spacial score (nSPS) is 11.0. The number of allylic oxidation sites excluding steroid dienone is 1. The number of amides is 1. The van der Waals surface area contributed by atoms with Gasteiger partial charge in [0.2, 0.25) is 5.91 Å². The molecule has 140 valence electrons. The van der Waals surface area contributed by atoms with Crippen LogP contribution in [0.4, 0.5) is 11.4 Å². The van der Waals surface area contributed by atoms with E-state index < -0.39 is 16.8 Å². The lowest BCUT2D eigenvalue weighted by Gasteiger charge is -2.09. The third-order valence-electron chi connectivity index (χ3n) is 3.60. The highest BCUT2D eigenvalue weighted by Crippen LogP contribution is 2.27. The van der Waals surface area contributed by atoms with Gasteiger partial charge in [-0.15, -0.1) is 0 Å². The van der Waals surface area contributed by atoms with Crippen LogP contribution in [0.3, 0.4) is 0 Å². The Bertz CT molecular complexity index is 957. The summed E-state index contributed by atoms with van der Waals surface area (Å²) in [5.41, 5.74) is 0.947. The van der Waals surface area contributed by atoms with Crippen LogP contribution in [0, 0.1) is 10.1 Å². The number of methoxy groups -OCH3 is 1. The number of carbonyl (C=O) groups is 2. The van der Waals surface area contributed by atoms with Crippen molar-refractivity contribution in [3.8, 4) is 0 Å². The van der Waals surface area contributed by atoms with Gasteiger partial charge in [0.05, 0.1) is 33.3 Å². The number of esters is 1. The van der Waals surface area contributed by atoms with Gasteiger partial charge in [0.1, 0.15) is 0 Å². The summed E-state index contributed by atoms with van der Waals surface area (Å²) in [6.07, 6.45) is 1.28. The van der Waals surface area contributed by atoms with Gasteiger partial charge in [-0.1, -0.05) is 29.3 Å². The molecule has 0 fully saturated rings. The Morgan fingerprint density at radius 2 is 1.85 bits per heavy atom. The molecule has 2 aromatic carbocycles. The summed E-state index contributed by atoms with van der Waals surface area (Å²) in [7, 11) is 1.17. The minimum Gasteiger partial charge on any atom is -0.465 e. The van der Waals surface area contributed by atoms with E-state index in [0.717, 1.165) is 12.1 Å². The van der Waals surface area contributed by atoms with Crippen LogP contribution in [0.25, 0.3) is 5.57 Å². The largest absolute Gasteiger partial charge is 0.465 e. The van der Waals surface area contributed by atoms with E-state index in [1.807, 2.05) is 0 Å². The van der Waals surface area contributed by atoms with Crippen molar-refractivity contribution in [2.24, 2.45) is 0 Å². The van der Waals surface area contributed by atoms with Crippen LogP contribution in [-0.4, -0.2) is 23.9 Å². The molecule has 0 saturated carbocycles. The van der Waals surface area contributed by atoms with Gasteiger partial charge in [0.15, 0.2) is 0 Å². The molecule has 0 spiro atoms. The first-order valence-electron chi connectivity index (χ1n) is 7.54. The zero-order valence-electron chi connectivity index (χ0n) is 14.3. The number of rotatable bonds is 5. The molecule has 0 saturated heterocycles. The molecular formula is C18H14Cl2N2O5. The van der Waals surface area contributed by atoms with Crippen molar-refractivity contribution >= 4 is 52.0 Å². The van der Waals surface area contributed by atoms with Gasteiger partial charge in [0, 0.05) is 18.2 Å². The molecule has 0 aromatic heterocycles. The minimum absolute atomic E-state index is 0.00274. The van der Waals surface area contributed by atoms with Gasteiger partial charge >= 0.3 is 5.97 Å². The van der Waals surface area contributed by atoms with Crippen LogP contribution in [0.15, 0.2) is 42.5 Å². The summed E-state index contributed by atoms with van der Waals surface area (Å²) >= 11 is 11.8. The second-order valence-electron chi connectivity index (χ2n) is 5.42. The monoisotopic (exact) mass is 408 g/mol. The number of nitro benzene ring substituents is 1. The standard InChI is InChI=1S/C18H14Cl2N2O5/c1-10(11-3-6-14(19)15(20)8-11)7-17(23)21-16-9-12(22(25)26)4-5-13(16)18(24)27-2/h3-9H,1-2H3,(H,21,23). The van der Waals surface area contributed by atoms with Crippen LogP contribution in [0.5, 0.6) is 0 Å². The molecule has 1 amide bonds. The predicted molar refractivity (Wildman–Crippen MR) is 103 cm³/mol. The second kappa shape index (κ2) is 8.66. The fourth-order valence-corrected chi connectivity index (χ4v) is 2.53. The summed E-state index contributed by atoms with van der Waals surface area (Å²) in [4.78, 5) is 34.5. The first-order valence-corrected chi connectivity index (χ1v) is 8.30. The topological polar surface area (TPSA) is 98.5 Å². The van der Waals surface area contributed by atoms with Gasteiger partial charge in [-0.25, -0.2) is 4.79 Å². The van der Waals surface area contributed by atoms with Crippen molar-refractivity contribution in [1.29, 1.82) is 0 Å². The van der Waals surface area contributed by atoms with Gasteiger partial charge in [-0.05, 0) is 36.3 Å². The lowest BCUT2D eigenvalue weighted by atomic mass is 10.1. The number of nitro groups is 1. The SMILES string of the molecule is COC(=O)c1ccc([N+](=O)[O-])cc1NC(=O)C=C(C)c1ccc(Cl)c(Cl)c1. The maximum absolute atomic E-state index is 12.3. The fourth-order valence-electron chi connectivity index (χ4n) is 2.23. The van der Waals surface area contributed by atoms with Gasteiger partial charge in [0.25, 0.3) is 5.69 Å². The van der Waals surface area contributed by atoms with Gasteiger partial charge in [-0.2, -0.15) is 0 Å². The zero-order valence-corrected chi connectivity index (χ0v) is 15.8. The molecule has 2 aromatic rings. The number of hydrogen-bond acceptors (Lipinski definition) is 5. The Kier molecular flexibility index (Phi) is 6.55. The third kappa shape index (κ3) is 5.06. The predicted octanol–water partition coefficient (Wildman–Crippen LogP) is 4.73. The first kappa shape index (κ1) is 20.4. The van der Waals surface area contributed by atoms with Crippen LogP contribution in [0.2, 0.25) is 10.0 Å². The third-order valence-corrected chi connectivity index (χ3v) is 4.34. The number of nitrogens with one attached hydrogen (secondary N) is 1. The van der Waals surface area contributed by atoms with Crippen molar-refractivity contribution in [3.63, 3.8) is 0 Å². The molecule has 2 rings (SSSR count). The number of nitrogens with zero attached hydrogens (tertiary/aromatic N) is 1. The number of carbonyl (C=O) groups excluding carboxylic acids is 2. The number of hydrogen-bond donors (Lipinski definition) is 1. The van der Waals surface area contributed by atoms with Gasteiger partial charge in [-0.3, -0.25) is 14.9 Å². The van der Waals surface area contributed by atoms with E-state index in [4.69, 9.17) is 23.2 Å². The quantitative estimate of drug-likeness (QED) is 0.333. The maximum atomic E-state index is 12.3. The van der Waals surface area contributed by atoms with E-state index in [1.54, 1.807) is 25.1 Å². The molecule has 0 bridgehead atoms. The molecule has 7 nitrogen and oxygen atoms in total. The molecule has 1 N–H and O–H groups in total. The average molecular weight is 409 g/mol.